The van der Waals surface area contributed by atoms with Gasteiger partial charge in [-0.2, -0.15) is 11.3 Å². The second-order valence-electron chi connectivity index (χ2n) is 18.5. The molecule has 311 valence electrons. The van der Waals surface area contributed by atoms with Crippen molar-refractivity contribution in [1.82, 2.24) is 24.5 Å². The van der Waals surface area contributed by atoms with Crippen LogP contribution in [0.5, 0.6) is 0 Å². The summed E-state index contributed by atoms with van der Waals surface area (Å²) in [6.45, 7) is 21.5. The first-order valence-electron chi connectivity index (χ1n) is 21.5. The Hall–Kier alpha value is -5.11. The number of hydrogen-bond acceptors (Lipinski definition) is 5. The van der Waals surface area contributed by atoms with Gasteiger partial charge in [-0.3, -0.25) is 9.97 Å². The van der Waals surface area contributed by atoms with Gasteiger partial charge < -0.3 is 9.55 Å². The summed E-state index contributed by atoms with van der Waals surface area (Å²) in [6, 6.07) is 42.0. The van der Waals surface area contributed by atoms with Crippen molar-refractivity contribution in [3.63, 3.8) is 0 Å². The van der Waals surface area contributed by atoms with Crippen LogP contribution < -0.4 is 5.19 Å². The number of imidazole rings is 1. The number of aryl methyl sites for hydroxylation is 1. The van der Waals surface area contributed by atoms with Crippen LogP contribution in [0.4, 0.5) is 0 Å². The molecule has 5 nitrogen and oxygen atoms in total. The fourth-order valence-corrected chi connectivity index (χ4v) is 10.3. The molecule has 9 rings (SSSR count). The quantitative estimate of drug-likeness (QED) is 0.123. The Balaban J connectivity index is 0.000000213. The minimum atomic E-state index is -1.70. The predicted octanol–water partition coefficient (Wildman–Crippen LogP) is 13.6. The van der Waals surface area contributed by atoms with Crippen LogP contribution in [0.2, 0.25) is 19.6 Å². The van der Waals surface area contributed by atoms with Crippen molar-refractivity contribution in [2.75, 3.05) is 0 Å². The minimum Gasteiger partial charge on any atom is -0.332 e. The first-order valence-corrected chi connectivity index (χ1v) is 24.9. The maximum Gasteiger partial charge on any atom is 0.113 e. The maximum atomic E-state index is 8.75. The van der Waals surface area contributed by atoms with E-state index in [1.807, 2.05) is 88.0 Å². The van der Waals surface area contributed by atoms with Crippen LogP contribution in [0.3, 0.4) is 0 Å². The minimum absolute atomic E-state index is 0. The number of thiophene rings is 1. The van der Waals surface area contributed by atoms with Crippen molar-refractivity contribution in [1.29, 1.82) is 0 Å². The van der Waals surface area contributed by atoms with Crippen molar-refractivity contribution in [2.24, 2.45) is 5.41 Å². The molecule has 0 fully saturated rings. The zero-order valence-corrected chi connectivity index (χ0v) is 40.8. The topological polar surface area (TPSA) is 56.5 Å². The van der Waals surface area contributed by atoms with E-state index < -0.39 is 19.9 Å². The first-order chi connectivity index (χ1) is 29.3. The Morgan fingerprint density at radius 2 is 1.57 bits per heavy atom. The van der Waals surface area contributed by atoms with Gasteiger partial charge in [-0.15, -0.1) is 53.6 Å². The Kier molecular flexibility index (Phi) is 11.7. The van der Waals surface area contributed by atoms with Crippen LogP contribution in [0, 0.1) is 24.5 Å². The third-order valence-corrected chi connectivity index (χ3v) is 13.7. The molecule has 0 aliphatic carbocycles. The molecule has 0 saturated heterocycles. The number of benzene rings is 4. The Morgan fingerprint density at radius 1 is 0.803 bits per heavy atom. The number of rotatable bonds is 6. The normalized spacial score (nSPS) is 12.8. The second kappa shape index (κ2) is 17.3. The number of fused-ring (bicyclic) bond motifs is 4. The average molecular weight is 1010 g/mol. The maximum absolute atomic E-state index is 8.75. The third-order valence-electron chi connectivity index (χ3n) is 10.6. The van der Waals surface area contributed by atoms with E-state index in [9.17, 15) is 0 Å². The predicted molar refractivity (Wildman–Crippen MR) is 257 cm³/mol. The van der Waals surface area contributed by atoms with Gasteiger partial charge in [-0.25, -0.2) is 4.98 Å². The molecule has 5 heterocycles. The summed E-state index contributed by atoms with van der Waals surface area (Å²) in [5.41, 5.74) is 10.7. The molecule has 4 aromatic carbocycles. The molecular formula is C53H53IrN5SSi-2. The standard InChI is InChI=1S/C34H27N4S.C19H26NSi.Ir/c1-21-12-14-25(31-30(21)24-11-8-17-36-33(24)39-31)32-37-27-16-18-35-20-29(27)38(32)28-15-13-23(19-26(28)34(2,3)4)22-9-6-5-7-10-22;1-19(2,3)13-16-12-17(15-10-8-7-9-11-15)20-14-18(16)21(4,5)6;/h5-13,15-20H,1-4H3;7-10,12,14H,13H2,1-6H3;/q2*-1;/i;13D2;. The van der Waals surface area contributed by atoms with Gasteiger partial charge in [0.05, 0.1) is 31.1 Å². The third kappa shape index (κ3) is 9.24. The number of pyridine rings is 3. The van der Waals surface area contributed by atoms with Gasteiger partial charge in [0, 0.05) is 52.5 Å². The van der Waals surface area contributed by atoms with Crippen molar-refractivity contribution in [3.8, 4) is 39.5 Å². The summed E-state index contributed by atoms with van der Waals surface area (Å²) in [5.74, 6) is 0.868. The van der Waals surface area contributed by atoms with Crippen molar-refractivity contribution in [3.05, 3.63) is 157 Å². The molecule has 0 unspecified atom stereocenters. The summed E-state index contributed by atoms with van der Waals surface area (Å²) in [5, 5.41) is 3.50. The van der Waals surface area contributed by atoms with Gasteiger partial charge in [0.25, 0.3) is 0 Å². The number of aromatic nitrogens is 5. The molecule has 0 aliphatic rings. The molecule has 0 amide bonds. The zero-order chi connectivity index (χ0) is 44.2. The van der Waals surface area contributed by atoms with Gasteiger partial charge in [0.2, 0.25) is 0 Å². The molecule has 61 heavy (non-hydrogen) atoms. The fourth-order valence-electron chi connectivity index (χ4n) is 7.72. The molecule has 0 bridgehead atoms. The monoisotopic (exact) mass is 1010 g/mol. The summed E-state index contributed by atoms with van der Waals surface area (Å²) in [7, 11) is -1.70. The van der Waals surface area contributed by atoms with E-state index in [1.54, 1.807) is 11.3 Å². The van der Waals surface area contributed by atoms with E-state index >= 15 is 0 Å². The number of nitrogens with zero attached hydrogens (tertiary/aromatic N) is 5. The summed E-state index contributed by atoms with van der Waals surface area (Å²) in [4.78, 5) is 20.0. The van der Waals surface area contributed by atoms with Crippen molar-refractivity contribution in [2.45, 2.75) is 79.9 Å². The molecule has 8 heteroatoms. The van der Waals surface area contributed by atoms with Gasteiger partial charge in [-0.1, -0.05) is 133 Å². The zero-order valence-electron chi connectivity index (χ0n) is 38.6. The fraction of sp³-hybridized carbons (Fsp3) is 0.245. The summed E-state index contributed by atoms with van der Waals surface area (Å²) in [6.07, 6.45) is 6.06. The SMILES string of the molecule is Cc1c[c-]c(-c2nc3ccncc3n2-c2ccc(-c3ccccc3)cc2C(C)(C)C)c2sc3ncccc3c12.[2H]C([2H])(c1cc(-c2[c-]cccc2)ncc1[Si](C)(C)C)C(C)(C)C.[Ir]. The Morgan fingerprint density at radius 3 is 2.28 bits per heavy atom. The van der Waals surface area contributed by atoms with Crippen LogP contribution in [0.1, 0.15) is 61.0 Å². The van der Waals surface area contributed by atoms with Gasteiger partial charge in [0.15, 0.2) is 0 Å². The van der Waals surface area contributed by atoms with Gasteiger partial charge in [-0.05, 0) is 73.7 Å². The molecule has 1 radical (unpaired) electrons. The van der Waals surface area contributed by atoms with E-state index in [1.165, 1.54) is 33.0 Å². The van der Waals surface area contributed by atoms with E-state index in [2.05, 4.69) is 140 Å². The smallest absolute Gasteiger partial charge is 0.113 e. The van der Waals surface area contributed by atoms with Crippen LogP contribution in [0.15, 0.2) is 128 Å². The second-order valence-corrected chi connectivity index (χ2v) is 24.5. The van der Waals surface area contributed by atoms with Gasteiger partial charge >= 0.3 is 0 Å². The number of hydrogen-bond donors (Lipinski definition) is 0. The molecule has 5 aromatic heterocycles. The van der Waals surface area contributed by atoms with Crippen molar-refractivity contribution >= 4 is 55.9 Å². The molecule has 0 saturated carbocycles. The summed E-state index contributed by atoms with van der Waals surface area (Å²) < 4.78 is 20.9. The van der Waals surface area contributed by atoms with Crippen LogP contribution in [-0.4, -0.2) is 32.6 Å². The van der Waals surface area contributed by atoms with Crippen molar-refractivity contribution < 1.29 is 22.8 Å². The molecule has 0 atom stereocenters. The first kappa shape index (κ1) is 41.2. The van der Waals surface area contributed by atoms with Crippen LogP contribution in [-0.2, 0) is 31.9 Å². The average Bonchev–Trinajstić information content (AvgIpc) is 3.83. The summed E-state index contributed by atoms with van der Waals surface area (Å²) >= 11 is 1.71. The van der Waals surface area contributed by atoms with E-state index in [-0.39, 0.29) is 25.5 Å². The molecule has 9 aromatic rings. The van der Waals surface area contributed by atoms with Gasteiger partial charge in [0.1, 0.15) is 4.83 Å². The van der Waals surface area contributed by atoms with Crippen LogP contribution >= 0.6 is 11.3 Å². The molecule has 0 spiro atoms. The Labute approximate surface area is 382 Å². The molecule has 0 aliphatic heterocycles. The molecular weight excluding hydrogens is 959 g/mol. The van der Waals surface area contributed by atoms with E-state index in [0.717, 1.165) is 59.6 Å². The largest absolute Gasteiger partial charge is 0.332 e. The van der Waals surface area contributed by atoms with Crippen LogP contribution in [0.25, 0.3) is 70.8 Å². The Bertz CT molecular complexity index is 3070. The molecule has 0 N–H and O–H groups in total. The van der Waals surface area contributed by atoms with E-state index in [4.69, 9.17) is 7.73 Å². The van der Waals surface area contributed by atoms with E-state index in [0.29, 0.717) is 0 Å².